The summed E-state index contributed by atoms with van der Waals surface area (Å²) < 4.78 is 17.8. The maximum atomic E-state index is 12.9. The Morgan fingerprint density at radius 3 is 2.75 bits per heavy atom. The highest BCUT2D eigenvalue weighted by Gasteiger charge is 2.08. The molecule has 0 N–H and O–H groups in total. The van der Waals surface area contributed by atoms with Crippen LogP contribution in [-0.4, -0.2) is 27.0 Å². The molecule has 0 unspecified atom stereocenters. The first-order valence-corrected chi connectivity index (χ1v) is 4.63. The lowest BCUT2D eigenvalue weighted by Crippen LogP contribution is -1.98. The van der Waals surface area contributed by atoms with Crippen LogP contribution in [0.1, 0.15) is 0 Å². The fourth-order valence-corrected chi connectivity index (χ4v) is 1.24. The topological polar surface area (TPSA) is 60.8 Å². The van der Waals surface area contributed by atoms with Crippen molar-refractivity contribution < 1.29 is 9.13 Å². The van der Waals surface area contributed by atoms with Gasteiger partial charge in [0, 0.05) is 11.8 Å². The van der Waals surface area contributed by atoms with Crippen LogP contribution in [0.2, 0.25) is 5.28 Å². The van der Waals surface area contributed by atoms with Crippen molar-refractivity contribution in [2.24, 2.45) is 0 Å². The first kappa shape index (κ1) is 10.7. The zero-order chi connectivity index (χ0) is 11.5. The second kappa shape index (κ2) is 4.36. The predicted octanol–water partition coefficient (Wildman–Crippen LogP) is 1.73. The number of methoxy groups -OCH3 is 1. The van der Waals surface area contributed by atoms with Crippen LogP contribution in [0, 0.1) is 5.82 Å². The van der Waals surface area contributed by atoms with Gasteiger partial charge < -0.3 is 4.74 Å². The highest BCUT2D eigenvalue weighted by Crippen LogP contribution is 2.18. The molecule has 82 valence electrons. The van der Waals surface area contributed by atoms with Crippen LogP contribution in [0.5, 0.6) is 6.01 Å². The van der Waals surface area contributed by atoms with Gasteiger partial charge in [0.1, 0.15) is 5.82 Å². The Hall–Kier alpha value is -1.82. The minimum Gasteiger partial charge on any atom is -0.467 e. The minimum absolute atomic E-state index is 0.0221. The molecule has 0 aliphatic carbocycles. The molecule has 16 heavy (non-hydrogen) atoms. The molecule has 0 fully saturated rings. The summed E-state index contributed by atoms with van der Waals surface area (Å²) in [6.45, 7) is 0. The lowest BCUT2D eigenvalue weighted by Gasteiger charge is -2.02. The van der Waals surface area contributed by atoms with E-state index in [0.717, 1.165) is 6.20 Å². The second-order valence-electron chi connectivity index (χ2n) is 2.81. The van der Waals surface area contributed by atoms with E-state index in [-0.39, 0.29) is 17.1 Å². The first-order valence-electron chi connectivity index (χ1n) is 4.25. The quantitative estimate of drug-likeness (QED) is 0.800. The Bertz CT molecular complexity index is 523. The van der Waals surface area contributed by atoms with Gasteiger partial charge in [-0.1, -0.05) is 0 Å². The van der Waals surface area contributed by atoms with Crippen molar-refractivity contribution in [2.75, 3.05) is 7.11 Å². The molecule has 5 nitrogen and oxygen atoms in total. The van der Waals surface area contributed by atoms with E-state index < -0.39 is 5.82 Å². The summed E-state index contributed by atoms with van der Waals surface area (Å²) in [6, 6.07) is 1.32. The van der Waals surface area contributed by atoms with Crippen molar-refractivity contribution in [3.05, 3.63) is 29.6 Å². The van der Waals surface area contributed by atoms with Gasteiger partial charge in [0.2, 0.25) is 5.28 Å². The monoisotopic (exact) mass is 240 g/mol. The number of hydrogen-bond acceptors (Lipinski definition) is 5. The second-order valence-corrected chi connectivity index (χ2v) is 3.14. The average molecular weight is 241 g/mol. The molecule has 0 spiro atoms. The van der Waals surface area contributed by atoms with Crippen LogP contribution in [0.25, 0.3) is 11.4 Å². The SMILES string of the molecule is COc1nc(Cl)nc(-c2cncc(F)c2)n1. The van der Waals surface area contributed by atoms with Crippen LogP contribution < -0.4 is 4.74 Å². The van der Waals surface area contributed by atoms with Gasteiger partial charge in [-0.25, -0.2) is 4.39 Å². The third-order valence-electron chi connectivity index (χ3n) is 1.73. The summed E-state index contributed by atoms with van der Waals surface area (Å²) >= 11 is 5.66. The molecule has 0 saturated carbocycles. The highest BCUT2D eigenvalue weighted by molar-refractivity contribution is 6.28. The Balaban J connectivity index is 2.51. The number of ether oxygens (including phenoxy) is 1. The summed E-state index contributed by atoms with van der Waals surface area (Å²) in [5.74, 6) is -0.267. The van der Waals surface area contributed by atoms with Crippen molar-refractivity contribution in [2.45, 2.75) is 0 Å². The third kappa shape index (κ3) is 2.22. The van der Waals surface area contributed by atoms with Gasteiger partial charge in [-0.15, -0.1) is 0 Å². The zero-order valence-electron chi connectivity index (χ0n) is 8.19. The van der Waals surface area contributed by atoms with Gasteiger partial charge in [-0.2, -0.15) is 15.0 Å². The molecule has 0 saturated heterocycles. The first-order chi connectivity index (χ1) is 7.69. The van der Waals surface area contributed by atoms with E-state index >= 15 is 0 Å². The molecular formula is C9H6ClFN4O. The van der Waals surface area contributed by atoms with E-state index in [4.69, 9.17) is 16.3 Å². The number of aromatic nitrogens is 4. The van der Waals surface area contributed by atoms with Crippen molar-refractivity contribution in [1.29, 1.82) is 0 Å². The number of rotatable bonds is 2. The Kier molecular flexibility index (Phi) is 2.91. The van der Waals surface area contributed by atoms with Crippen molar-refractivity contribution in [3.8, 4) is 17.4 Å². The van der Waals surface area contributed by atoms with Crippen molar-refractivity contribution in [3.63, 3.8) is 0 Å². The van der Waals surface area contributed by atoms with E-state index in [0.29, 0.717) is 5.56 Å². The number of hydrogen-bond donors (Lipinski definition) is 0. The van der Waals surface area contributed by atoms with Gasteiger partial charge in [0.15, 0.2) is 5.82 Å². The van der Waals surface area contributed by atoms with Gasteiger partial charge in [-0.05, 0) is 17.7 Å². The number of nitrogens with zero attached hydrogens (tertiary/aromatic N) is 4. The lowest BCUT2D eigenvalue weighted by atomic mass is 10.3. The zero-order valence-corrected chi connectivity index (χ0v) is 8.94. The summed E-state index contributed by atoms with van der Waals surface area (Å²) in [4.78, 5) is 15.2. The van der Waals surface area contributed by atoms with Gasteiger partial charge in [0.05, 0.1) is 13.3 Å². The Morgan fingerprint density at radius 1 is 1.25 bits per heavy atom. The van der Waals surface area contributed by atoms with Gasteiger partial charge >= 0.3 is 6.01 Å². The number of halogens is 2. The van der Waals surface area contributed by atoms with Crippen molar-refractivity contribution in [1.82, 2.24) is 19.9 Å². The number of pyridine rings is 1. The third-order valence-corrected chi connectivity index (χ3v) is 1.90. The summed E-state index contributed by atoms with van der Waals surface area (Å²) in [6.07, 6.45) is 2.51. The van der Waals surface area contributed by atoms with Crippen LogP contribution in [-0.2, 0) is 0 Å². The highest BCUT2D eigenvalue weighted by atomic mass is 35.5. The molecular weight excluding hydrogens is 235 g/mol. The molecule has 2 aromatic heterocycles. The molecule has 0 bridgehead atoms. The Morgan fingerprint density at radius 2 is 2.06 bits per heavy atom. The smallest absolute Gasteiger partial charge is 0.321 e. The van der Waals surface area contributed by atoms with Crippen LogP contribution in [0.15, 0.2) is 18.5 Å². The van der Waals surface area contributed by atoms with Crippen molar-refractivity contribution >= 4 is 11.6 Å². The molecule has 0 aliphatic rings. The molecule has 0 radical (unpaired) electrons. The largest absolute Gasteiger partial charge is 0.467 e. The van der Waals surface area contributed by atoms with Crippen LogP contribution in [0.3, 0.4) is 0 Å². The molecule has 0 amide bonds. The average Bonchev–Trinajstić information content (AvgIpc) is 2.28. The Labute approximate surface area is 95.3 Å². The van der Waals surface area contributed by atoms with Crippen LogP contribution >= 0.6 is 11.6 Å². The van der Waals surface area contributed by atoms with E-state index in [2.05, 4.69) is 19.9 Å². The van der Waals surface area contributed by atoms with E-state index in [1.165, 1.54) is 19.4 Å². The summed E-state index contributed by atoms with van der Waals surface area (Å²) in [7, 11) is 1.40. The molecule has 2 heterocycles. The fourth-order valence-electron chi connectivity index (χ4n) is 1.09. The van der Waals surface area contributed by atoms with E-state index in [9.17, 15) is 4.39 Å². The lowest BCUT2D eigenvalue weighted by molar-refractivity contribution is 0.378. The fraction of sp³-hybridized carbons (Fsp3) is 0.111. The van der Waals surface area contributed by atoms with Crippen LogP contribution in [0.4, 0.5) is 4.39 Å². The minimum atomic E-state index is -0.479. The maximum Gasteiger partial charge on any atom is 0.321 e. The molecule has 0 aliphatic heterocycles. The molecule has 0 atom stereocenters. The molecule has 2 aromatic rings. The summed E-state index contributed by atoms with van der Waals surface area (Å²) in [5.41, 5.74) is 0.405. The molecule has 0 aromatic carbocycles. The molecule has 7 heteroatoms. The predicted molar refractivity (Wildman–Crippen MR) is 54.6 cm³/mol. The normalized spacial score (nSPS) is 10.2. The standard InChI is InChI=1S/C9H6ClFN4O/c1-16-9-14-7(13-8(10)15-9)5-2-6(11)4-12-3-5/h2-4H,1H3. The van der Waals surface area contributed by atoms with E-state index in [1.807, 2.05) is 0 Å². The summed E-state index contributed by atoms with van der Waals surface area (Å²) in [5, 5.41) is -0.0221. The maximum absolute atomic E-state index is 12.9. The molecule has 2 rings (SSSR count). The van der Waals surface area contributed by atoms with E-state index in [1.54, 1.807) is 0 Å². The van der Waals surface area contributed by atoms with Gasteiger partial charge in [0.25, 0.3) is 0 Å². The van der Waals surface area contributed by atoms with Gasteiger partial charge in [-0.3, -0.25) is 4.98 Å².